The van der Waals surface area contributed by atoms with Crippen LogP contribution in [0.25, 0.3) is 11.5 Å². The number of hydrogen-bond donors (Lipinski definition) is 1. The van der Waals surface area contributed by atoms with Crippen molar-refractivity contribution in [2.75, 3.05) is 7.11 Å². The van der Waals surface area contributed by atoms with Gasteiger partial charge in [-0.3, -0.25) is 0 Å². The molecule has 5 heteroatoms. The van der Waals surface area contributed by atoms with E-state index in [1.807, 2.05) is 25.1 Å². The van der Waals surface area contributed by atoms with Gasteiger partial charge in [-0.15, -0.1) is 0 Å². The van der Waals surface area contributed by atoms with Crippen LogP contribution in [0.2, 0.25) is 0 Å². The van der Waals surface area contributed by atoms with Crippen molar-refractivity contribution in [2.45, 2.75) is 32.7 Å². The highest BCUT2D eigenvalue weighted by atomic mass is 16.5. The Labute approximate surface area is 112 Å². The number of hydrogen-bond acceptors (Lipinski definition) is 5. The van der Waals surface area contributed by atoms with Gasteiger partial charge in [-0.1, -0.05) is 30.1 Å². The lowest BCUT2D eigenvalue weighted by Gasteiger charge is -2.05. The summed E-state index contributed by atoms with van der Waals surface area (Å²) in [4.78, 5) is 4.37. The zero-order valence-corrected chi connectivity index (χ0v) is 11.5. The maximum absolute atomic E-state index is 5.98. The molecular formula is C14H19N3O2. The first-order valence-corrected chi connectivity index (χ1v) is 6.40. The van der Waals surface area contributed by atoms with E-state index in [0.717, 1.165) is 24.0 Å². The Morgan fingerprint density at radius 2 is 2.21 bits per heavy atom. The molecule has 1 heterocycles. The van der Waals surface area contributed by atoms with Crippen molar-refractivity contribution in [1.29, 1.82) is 0 Å². The number of nitrogens with zero attached hydrogens (tertiary/aromatic N) is 2. The second-order valence-corrected chi connectivity index (χ2v) is 4.56. The molecule has 19 heavy (non-hydrogen) atoms. The first-order valence-electron chi connectivity index (χ1n) is 6.40. The summed E-state index contributed by atoms with van der Waals surface area (Å²) in [6.45, 7) is 4.08. The molecule has 5 nitrogen and oxygen atoms in total. The molecule has 1 aromatic carbocycles. The average Bonchev–Trinajstić information content (AvgIpc) is 2.88. The van der Waals surface area contributed by atoms with Gasteiger partial charge in [0, 0.05) is 0 Å². The molecule has 2 N–H and O–H groups in total. The maximum Gasteiger partial charge on any atom is 0.261 e. The smallest absolute Gasteiger partial charge is 0.261 e. The van der Waals surface area contributed by atoms with E-state index in [2.05, 4.69) is 17.1 Å². The summed E-state index contributed by atoms with van der Waals surface area (Å²) in [5.41, 5.74) is 7.88. The van der Waals surface area contributed by atoms with Gasteiger partial charge in [-0.2, -0.15) is 4.98 Å². The van der Waals surface area contributed by atoms with Crippen LogP contribution in [0.15, 0.2) is 22.7 Å². The molecule has 2 aromatic rings. The molecule has 0 bridgehead atoms. The minimum atomic E-state index is -0.182. The summed E-state index contributed by atoms with van der Waals surface area (Å²) in [5.74, 6) is 1.70. The van der Waals surface area contributed by atoms with Crippen LogP contribution in [0, 0.1) is 6.92 Å². The fourth-order valence-electron chi connectivity index (χ4n) is 1.92. The Morgan fingerprint density at radius 3 is 2.89 bits per heavy atom. The number of nitrogens with two attached hydrogens (primary N) is 1. The summed E-state index contributed by atoms with van der Waals surface area (Å²) in [6, 6.07) is 5.64. The Kier molecular flexibility index (Phi) is 4.16. The predicted molar refractivity (Wildman–Crippen MR) is 72.9 cm³/mol. The van der Waals surface area contributed by atoms with E-state index in [4.69, 9.17) is 15.0 Å². The third-order valence-electron chi connectivity index (χ3n) is 2.96. The molecule has 0 aliphatic heterocycles. The van der Waals surface area contributed by atoms with Gasteiger partial charge in [0.1, 0.15) is 5.75 Å². The largest absolute Gasteiger partial charge is 0.496 e. The molecule has 2 rings (SSSR count). The van der Waals surface area contributed by atoms with Crippen LogP contribution in [-0.2, 0) is 0 Å². The molecule has 0 aliphatic carbocycles. The van der Waals surface area contributed by atoms with Crippen LogP contribution in [0.4, 0.5) is 0 Å². The lowest BCUT2D eigenvalue weighted by atomic mass is 10.1. The summed E-state index contributed by atoms with van der Waals surface area (Å²) >= 11 is 0. The minimum absolute atomic E-state index is 0.182. The Hall–Kier alpha value is -1.88. The third kappa shape index (κ3) is 2.93. The molecule has 1 aromatic heterocycles. The van der Waals surface area contributed by atoms with E-state index in [1.54, 1.807) is 7.11 Å². The highest BCUT2D eigenvalue weighted by Gasteiger charge is 2.17. The zero-order valence-electron chi connectivity index (χ0n) is 11.5. The zero-order chi connectivity index (χ0) is 13.8. The summed E-state index contributed by atoms with van der Waals surface area (Å²) < 4.78 is 10.6. The first kappa shape index (κ1) is 13.5. The van der Waals surface area contributed by atoms with Gasteiger partial charge in [-0.05, 0) is 25.5 Å². The number of rotatable bonds is 5. The summed E-state index contributed by atoms with van der Waals surface area (Å²) in [7, 11) is 1.62. The van der Waals surface area contributed by atoms with Crippen LogP contribution in [-0.4, -0.2) is 17.3 Å². The Balaban J connectivity index is 2.34. The average molecular weight is 261 g/mol. The predicted octanol–water partition coefficient (Wildman–Crippen LogP) is 2.85. The Bertz CT molecular complexity index is 551. The van der Waals surface area contributed by atoms with Crippen molar-refractivity contribution in [3.63, 3.8) is 0 Å². The standard InChI is InChI=1S/C14H19N3O2/c1-4-5-11(15)13-16-14(19-17-13)10-8-9(2)6-7-12(10)18-3/h6-8,11H,4-5,15H2,1-3H3. The number of aromatic nitrogens is 2. The van der Waals surface area contributed by atoms with E-state index >= 15 is 0 Å². The lowest BCUT2D eigenvalue weighted by molar-refractivity contribution is 0.399. The maximum atomic E-state index is 5.98. The van der Waals surface area contributed by atoms with Crippen molar-refractivity contribution in [3.05, 3.63) is 29.6 Å². The summed E-state index contributed by atoms with van der Waals surface area (Å²) in [5, 5.41) is 3.95. The monoisotopic (exact) mass is 261 g/mol. The minimum Gasteiger partial charge on any atom is -0.496 e. The van der Waals surface area contributed by atoms with Crippen LogP contribution in [0.5, 0.6) is 5.75 Å². The van der Waals surface area contributed by atoms with E-state index in [1.165, 1.54) is 0 Å². The second kappa shape index (κ2) is 5.84. The third-order valence-corrected chi connectivity index (χ3v) is 2.96. The number of aryl methyl sites for hydroxylation is 1. The first-order chi connectivity index (χ1) is 9.15. The van der Waals surface area contributed by atoms with E-state index in [0.29, 0.717) is 17.5 Å². The molecule has 0 spiro atoms. The molecule has 0 amide bonds. The fraction of sp³-hybridized carbons (Fsp3) is 0.429. The number of benzene rings is 1. The van der Waals surface area contributed by atoms with E-state index in [-0.39, 0.29) is 6.04 Å². The highest BCUT2D eigenvalue weighted by molar-refractivity contribution is 5.63. The molecule has 0 fully saturated rings. The van der Waals surface area contributed by atoms with Crippen molar-refractivity contribution in [2.24, 2.45) is 5.73 Å². The normalized spacial score (nSPS) is 12.4. The van der Waals surface area contributed by atoms with Gasteiger partial charge in [0.25, 0.3) is 5.89 Å². The molecule has 0 saturated heterocycles. The molecule has 1 unspecified atom stereocenters. The fourth-order valence-corrected chi connectivity index (χ4v) is 1.92. The van der Waals surface area contributed by atoms with Gasteiger partial charge >= 0.3 is 0 Å². The quantitative estimate of drug-likeness (QED) is 0.895. The van der Waals surface area contributed by atoms with Crippen LogP contribution < -0.4 is 10.5 Å². The number of methoxy groups -OCH3 is 1. The molecular weight excluding hydrogens is 242 g/mol. The van der Waals surface area contributed by atoms with Crippen molar-refractivity contribution < 1.29 is 9.26 Å². The molecule has 0 saturated carbocycles. The molecule has 0 radical (unpaired) electrons. The van der Waals surface area contributed by atoms with Gasteiger partial charge in [-0.25, -0.2) is 0 Å². The van der Waals surface area contributed by atoms with E-state index < -0.39 is 0 Å². The van der Waals surface area contributed by atoms with Gasteiger partial charge < -0.3 is 15.0 Å². The molecule has 102 valence electrons. The Morgan fingerprint density at radius 1 is 1.42 bits per heavy atom. The highest BCUT2D eigenvalue weighted by Crippen LogP contribution is 2.30. The summed E-state index contributed by atoms with van der Waals surface area (Å²) in [6.07, 6.45) is 1.82. The SMILES string of the molecule is CCCC(N)c1noc(-c2cc(C)ccc2OC)n1. The lowest BCUT2D eigenvalue weighted by Crippen LogP contribution is -2.11. The second-order valence-electron chi connectivity index (χ2n) is 4.56. The van der Waals surface area contributed by atoms with Crippen molar-refractivity contribution >= 4 is 0 Å². The topological polar surface area (TPSA) is 74.2 Å². The van der Waals surface area contributed by atoms with Crippen LogP contribution in [0.3, 0.4) is 0 Å². The van der Waals surface area contributed by atoms with Crippen LogP contribution in [0.1, 0.15) is 37.2 Å². The van der Waals surface area contributed by atoms with Crippen molar-refractivity contribution in [3.8, 4) is 17.2 Å². The number of ether oxygens (including phenoxy) is 1. The van der Waals surface area contributed by atoms with Gasteiger partial charge in [0.15, 0.2) is 5.82 Å². The molecule has 1 atom stereocenters. The van der Waals surface area contributed by atoms with Crippen LogP contribution >= 0.6 is 0 Å². The van der Waals surface area contributed by atoms with Gasteiger partial charge in [0.2, 0.25) is 0 Å². The van der Waals surface area contributed by atoms with Crippen molar-refractivity contribution in [1.82, 2.24) is 10.1 Å². The van der Waals surface area contributed by atoms with Gasteiger partial charge in [0.05, 0.1) is 18.7 Å². The van der Waals surface area contributed by atoms with E-state index in [9.17, 15) is 0 Å². The molecule has 0 aliphatic rings.